The van der Waals surface area contributed by atoms with Crippen LogP contribution in [0.15, 0.2) is 0 Å². The van der Waals surface area contributed by atoms with Crippen LogP contribution in [-0.2, 0) is 0 Å². The first-order chi connectivity index (χ1) is 6.80. The Morgan fingerprint density at radius 2 is 1.67 bits per heavy atom. The highest BCUT2D eigenvalue weighted by molar-refractivity contribution is 5.17. The maximum atomic E-state index is 5.71. The van der Waals surface area contributed by atoms with Gasteiger partial charge in [0.2, 0.25) is 0 Å². The number of hydrogen-bond donors (Lipinski definition) is 2. The van der Waals surface area contributed by atoms with Crippen LogP contribution in [-0.4, -0.2) is 18.6 Å². The summed E-state index contributed by atoms with van der Waals surface area (Å²) in [7, 11) is 0. The van der Waals surface area contributed by atoms with Gasteiger partial charge in [-0.1, -0.05) is 34.1 Å². The van der Waals surface area contributed by atoms with E-state index in [1.54, 1.807) is 0 Å². The van der Waals surface area contributed by atoms with E-state index < -0.39 is 0 Å². The zero-order valence-electron chi connectivity index (χ0n) is 11.1. The summed E-state index contributed by atoms with van der Waals surface area (Å²) in [6, 6.07) is 1.05. The van der Waals surface area contributed by atoms with Crippen LogP contribution in [0.2, 0.25) is 0 Å². The smallest absolute Gasteiger partial charge is 0.0181 e. The van der Waals surface area contributed by atoms with Crippen LogP contribution in [0, 0.1) is 10.8 Å². The molecule has 0 aliphatic heterocycles. The Kier molecular flexibility index (Phi) is 3.83. The summed E-state index contributed by atoms with van der Waals surface area (Å²) >= 11 is 0. The Morgan fingerprint density at radius 1 is 1.13 bits per heavy atom. The van der Waals surface area contributed by atoms with Gasteiger partial charge in [0.15, 0.2) is 0 Å². The van der Waals surface area contributed by atoms with Gasteiger partial charge in [-0.25, -0.2) is 0 Å². The lowest BCUT2D eigenvalue weighted by molar-refractivity contribution is 0.457. The Balaban J connectivity index is 2.08. The van der Waals surface area contributed by atoms with Crippen molar-refractivity contribution in [1.82, 2.24) is 5.32 Å². The Bertz CT molecular complexity index is 193. The molecule has 0 bridgehead atoms. The van der Waals surface area contributed by atoms with E-state index in [4.69, 9.17) is 5.73 Å². The molecular weight excluding hydrogens is 184 g/mol. The molecule has 2 heteroatoms. The zero-order valence-corrected chi connectivity index (χ0v) is 11.1. The third-order valence-corrected chi connectivity index (χ3v) is 4.46. The van der Waals surface area contributed by atoms with Crippen molar-refractivity contribution in [2.45, 2.75) is 66.0 Å². The predicted octanol–water partition coefficient (Wildman–Crippen LogP) is 2.53. The topological polar surface area (TPSA) is 38.0 Å². The van der Waals surface area contributed by atoms with Crippen molar-refractivity contribution in [3.63, 3.8) is 0 Å². The van der Waals surface area contributed by atoms with Crippen molar-refractivity contribution in [2.75, 3.05) is 6.54 Å². The maximum Gasteiger partial charge on any atom is 0.0181 e. The van der Waals surface area contributed by atoms with Gasteiger partial charge in [0.05, 0.1) is 0 Å². The first kappa shape index (κ1) is 13.0. The number of nitrogens with one attached hydrogen (secondary N) is 1. The molecule has 1 saturated carbocycles. The Morgan fingerprint density at radius 3 is 2.07 bits per heavy atom. The molecule has 90 valence electrons. The summed E-state index contributed by atoms with van der Waals surface area (Å²) in [5.74, 6) is 0. The van der Waals surface area contributed by atoms with Crippen molar-refractivity contribution in [2.24, 2.45) is 16.6 Å². The van der Waals surface area contributed by atoms with Crippen LogP contribution in [0.1, 0.15) is 53.9 Å². The van der Waals surface area contributed by atoms with E-state index in [0.717, 1.165) is 13.0 Å². The summed E-state index contributed by atoms with van der Waals surface area (Å²) in [5.41, 5.74) is 6.65. The van der Waals surface area contributed by atoms with Crippen LogP contribution in [0.5, 0.6) is 0 Å². The monoisotopic (exact) mass is 212 g/mol. The van der Waals surface area contributed by atoms with Crippen molar-refractivity contribution in [1.29, 1.82) is 0 Å². The predicted molar refractivity (Wildman–Crippen MR) is 66.9 cm³/mol. The van der Waals surface area contributed by atoms with E-state index in [1.165, 1.54) is 12.8 Å². The summed E-state index contributed by atoms with van der Waals surface area (Å²) < 4.78 is 0. The van der Waals surface area contributed by atoms with E-state index in [9.17, 15) is 0 Å². The molecular formula is C13H28N2. The molecule has 0 aromatic rings. The van der Waals surface area contributed by atoms with E-state index in [-0.39, 0.29) is 0 Å². The van der Waals surface area contributed by atoms with E-state index in [1.807, 2.05) is 0 Å². The van der Waals surface area contributed by atoms with Gasteiger partial charge in [-0.15, -0.1) is 0 Å². The van der Waals surface area contributed by atoms with Gasteiger partial charge in [0.1, 0.15) is 0 Å². The molecule has 0 aromatic heterocycles. The average molecular weight is 212 g/mol. The second-order valence-electron chi connectivity index (χ2n) is 6.30. The lowest BCUT2D eigenvalue weighted by atomic mass is 10.0. The molecule has 3 N–H and O–H groups in total. The first-order valence-electron chi connectivity index (χ1n) is 6.29. The minimum Gasteiger partial charge on any atom is -0.328 e. The quantitative estimate of drug-likeness (QED) is 0.664. The number of nitrogens with two attached hydrogens (primary N) is 1. The number of rotatable bonds is 6. The van der Waals surface area contributed by atoms with Gasteiger partial charge in [-0.05, 0) is 37.1 Å². The molecule has 1 aliphatic carbocycles. The van der Waals surface area contributed by atoms with Crippen molar-refractivity contribution >= 4 is 0 Å². The van der Waals surface area contributed by atoms with Crippen LogP contribution in [0.3, 0.4) is 0 Å². The fraction of sp³-hybridized carbons (Fsp3) is 1.00. The fourth-order valence-electron chi connectivity index (χ4n) is 2.54. The van der Waals surface area contributed by atoms with Crippen LogP contribution in [0.4, 0.5) is 0 Å². The average Bonchev–Trinajstić information content (AvgIpc) is 2.45. The number of unbranched alkanes of at least 4 members (excludes halogenated alkanes) is 1. The Labute approximate surface area is 95.0 Å². The van der Waals surface area contributed by atoms with E-state index in [0.29, 0.717) is 22.9 Å². The van der Waals surface area contributed by atoms with Crippen LogP contribution < -0.4 is 11.1 Å². The highest BCUT2D eigenvalue weighted by Crippen LogP contribution is 2.62. The van der Waals surface area contributed by atoms with E-state index >= 15 is 0 Å². The molecule has 1 atom stereocenters. The molecule has 0 saturated heterocycles. The summed E-state index contributed by atoms with van der Waals surface area (Å²) in [6.45, 7) is 12.6. The standard InChI is InChI=1S/C13H28N2/c1-10(14)8-6-7-9-15-11-12(2,3)13(11,4)5/h10-11,15H,6-9,14H2,1-5H3. The van der Waals surface area contributed by atoms with Gasteiger partial charge in [0, 0.05) is 12.1 Å². The molecule has 0 aromatic carbocycles. The van der Waals surface area contributed by atoms with Crippen molar-refractivity contribution in [3.8, 4) is 0 Å². The summed E-state index contributed by atoms with van der Waals surface area (Å²) in [4.78, 5) is 0. The highest BCUT2D eigenvalue weighted by atomic mass is 15.0. The first-order valence-corrected chi connectivity index (χ1v) is 6.29. The third kappa shape index (κ3) is 2.73. The van der Waals surface area contributed by atoms with Gasteiger partial charge >= 0.3 is 0 Å². The minimum absolute atomic E-state index is 0.360. The van der Waals surface area contributed by atoms with Gasteiger partial charge < -0.3 is 11.1 Å². The molecule has 1 fully saturated rings. The molecule has 0 heterocycles. The van der Waals surface area contributed by atoms with Crippen LogP contribution >= 0.6 is 0 Å². The lowest BCUT2D eigenvalue weighted by Gasteiger charge is -2.07. The van der Waals surface area contributed by atoms with Gasteiger partial charge in [-0.3, -0.25) is 0 Å². The third-order valence-electron chi connectivity index (χ3n) is 4.46. The zero-order chi connectivity index (χ0) is 11.7. The van der Waals surface area contributed by atoms with Crippen molar-refractivity contribution in [3.05, 3.63) is 0 Å². The Hall–Kier alpha value is -0.0800. The second kappa shape index (κ2) is 4.42. The summed E-state index contributed by atoms with van der Waals surface area (Å²) in [5, 5.41) is 3.67. The molecule has 2 nitrogen and oxygen atoms in total. The van der Waals surface area contributed by atoms with E-state index in [2.05, 4.69) is 39.9 Å². The largest absolute Gasteiger partial charge is 0.328 e. The second-order valence-corrected chi connectivity index (χ2v) is 6.30. The summed E-state index contributed by atoms with van der Waals surface area (Å²) in [6.07, 6.45) is 3.65. The molecule has 1 rings (SSSR count). The van der Waals surface area contributed by atoms with Gasteiger partial charge in [0.25, 0.3) is 0 Å². The SMILES string of the molecule is CC(N)CCCCNC1C(C)(C)C1(C)C. The lowest BCUT2D eigenvalue weighted by Crippen LogP contribution is -2.24. The van der Waals surface area contributed by atoms with Gasteiger partial charge in [-0.2, -0.15) is 0 Å². The molecule has 0 spiro atoms. The highest BCUT2D eigenvalue weighted by Gasteiger charge is 2.64. The van der Waals surface area contributed by atoms with Crippen LogP contribution in [0.25, 0.3) is 0 Å². The molecule has 1 aliphatic rings. The normalized spacial score (nSPS) is 25.2. The fourth-order valence-corrected chi connectivity index (χ4v) is 2.54. The minimum atomic E-state index is 0.360. The maximum absolute atomic E-state index is 5.71. The molecule has 15 heavy (non-hydrogen) atoms. The van der Waals surface area contributed by atoms with Crippen molar-refractivity contribution < 1.29 is 0 Å². The number of hydrogen-bond acceptors (Lipinski definition) is 2. The molecule has 0 amide bonds. The molecule has 1 unspecified atom stereocenters. The molecule has 0 radical (unpaired) electrons.